The number of halogens is 2. The quantitative estimate of drug-likeness (QED) is 0.268. The fourth-order valence-corrected chi connectivity index (χ4v) is 4.37. The minimum Gasteiger partial charge on any atom is -0.390 e. The monoisotopic (exact) mass is 551 g/mol. The van der Waals surface area contributed by atoms with Gasteiger partial charge in [-0.1, -0.05) is 64.1 Å². The van der Waals surface area contributed by atoms with Crippen molar-refractivity contribution in [2.75, 3.05) is 13.1 Å². The number of amides is 2. The summed E-state index contributed by atoms with van der Waals surface area (Å²) >= 11 is 0. The summed E-state index contributed by atoms with van der Waals surface area (Å²) in [6.07, 6.45) is -0.157. The van der Waals surface area contributed by atoms with Gasteiger partial charge in [0.05, 0.1) is 18.7 Å². The van der Waals surface area contributed by atoms with Crippen molar-refractivity contribution in [2.45, 2.75) is 64.6 Å². The van der Waals surface area contributed by atoms with E-state index in [4.69, 9.17) is 0 Å². The van der Waals surface area contributed by atoms with Crippen LogP contribution in [0.1, 0.15) is 60.3 Å². The van der Waals surface area contributed by atoms with Gasteiger partial charge in [0.2, 0.25) is 5.91 Å². The summed E-state index contributed by atoms with van der Waals surface area (Å²) in [5.41, 5.74) is 4.00. The van der Waals surface area contributed by atoms with E-state index in [0.717, 1.165) is 23.6 Å². The van der Waals surface area contributed by atoms with E-state index in [-0.39, 0.29) is 24.9 Å². The van der Waals surface area contributed by atoms with Gasteiger partial charge in [-0.05, 0) is 64.8 Å². The first-order valence-corrected chi connectivity index (χ1v) is 13.5. The highest BCUT2D eigenvalue weighted by Crippen LogP contribution is 2.22. The van der Waals surface area contributed by atoms with Crippen LogP contribution in [0, 0.1) is 11.6 Å². The fourth-order valence-electron chi connectivity index (χ4n) is 4.37. The van der Waals surface area contributed by atoms with Crippen LogP contribution in [0.2, 0.25) is 0 Å². The maximum absolute atomic E-state index is 13.8. The minimum absolute atomic E-state index is 0.00318. The third kappa shape index (κ3) is 9.54. The van der Waals surface area contributed by atoms with E-state index in [1.165, 1.54) is 17.7 Å². The summed E-state index contributed by atoms with van der Waals surface area (Å²) in [5, 5.41) is 19.4. The van der Waals surface area contributed by atoms with Gasteiger partial charge in [0.15, 0.2) is 0 Å². The Balaban J connectivity index is 1.62. The maximum Gasteiger partial charge on any atom is 0.251 e. The zero-order valence-electron chi connectivity index (χ0n) is 23.6. The Bertz CT molecular complexity index is 1270. The summed E-state index contributed by atoms with van der Waals surface area (Å²) in [7, 11) is 0. The van der Waals surface area contributed by atoms with Crippen molar-refractivity contribution in [2.24, 2.45) is 0 Å². The van der Waals surface area contributed by atoms with Gasteiger partial charge in [-0.25, -0.2) is 8.78 Å². The molecule has 3 aromatic carbocycles. The normalized spacial score (nSPS) is 13.0. The highest BCUT2D eigenvalue weighted by atomic mass is 19.1. The number of rotatable bonds is 12. The molecule has 0 aromatic heterocycles. The Morgan fingerprint density at radius 1 is 0.900 bits per heavy atom. The van der Waals surface area contributed by atoms with Crippen LogP contribution in [0.15, 0.2) is 66.7 Å². The maximum atomic E-state index is 13.8. The molecule has 0 bridgehead atoms. The van der Waals surface area contributed by atoms with Crippen LogP contribution in [0.4, 0.5) is 8.78 Å². The molecule has 8 heteroatoms. The summed E-state index contributed by atoms with van der Waals surface area (Å²) in [6.45, 7) is 8.62. The van der Waals surface area contributed by atoms with E-state index in [2.05, 4.69) is 49.7 Å². The molecule has 3 aromatic rings. The number of hydrogen-bond donors (Lipinski definition) is 4. The Morgan fingerprint density at radius 3 is 2.17 bits per heavy atom. The third-order valence-electron chi connectivity index (χ3n) is 6.69. The van der Waals surface area contributed by atoms with Gasteiger partial charge in [0.1, 0.15) is 11.6 Å². The van der Waals surface area contributed by atoms with E-state index in [0.29, 0.717) is 17.7 Å². The standard InChI is InChI=1S/C32H39F2N3O3/c1-5-21-7-6-8-22(13-21)18-35-19-29(38)28(16-23-14-26(33)17-27(34)15-23)37-30(39)20-36-31(40)24-9-11-25(12-10-24)32(2,3)4/h6-15,17,28-29,35,38H,5,16,18-20H2,1-4H3,(H,36,40)(H,37,39). The molecule has 0 aliphatic heterocycles. The summed E-state index contributed by atoms with van der Waals surface area (Å²) in [6, 6.07) is 17.5. The highest BCUT2D eigenvalue weighted by Gasteiger charge is 2.23. The van der Waals surface area contributed by atoms with Crippen molar-refractivity contribution in [3.05, 3.63) is 106 Å². The van der Waals surface area contributed by atoms with Crippen LogP contribution in [-0.2, 0) is 29.6 Å². The second-order valence-corrected chi connectivity index (χ2v) is 11.0. The molecule has 0 aliphatic carbocycles. The van der Waals surface area contributed by atoms with Crippen molar-refractivity contribution >= 4 is 11.8 Å². The molecule has 0 aliphatic rings. The van der Waals surface area contributed by atoms with Crippen LogP contribution in [0.3, 0.4) is 0 Å². The summed E-state index contributed by atoms with van der Waals surface area (Å²) in [4.78, 5) is 25.3. The van der Waals surface area contributed by atoms with Crippen LogP contribution >= 0.6 is 0 Å². The average molecular weight is 552 g/mol. The summed E-state index contributed by atoms with van der Waals surface area (Å²) < 4.78 is 27.6. The van der Waals surface area contributed by atoms with Crippen LogP contribution < -0.4 is 16.0 Å². The number of aliphatic hydroxyl groups excluding tert-OH is 1. The predicted molar refractivity (Wildman–Crippen MR) is 153 cm³/mol. The van der Waals surface area contributed by atoms with E-state index in [1.807, 2.05) is 30.3 Å². The van der Waals surface area contributed by atoms with Gasteiger partial charge in [-0.15, -0.1) is 0 Å². The number of carbonyl (C=O) groups excluding carboxylic acids is 2. The number of carbonyl (C=O) groups is 2. The molecule has 0 saturated carbocycles. The van der Waals surface area contributed by atoms with Gasteiger partial charge in [-0.2, -0.15) is 0 Å². The van der Waals surface area contributed by atoms with Crippen LogP contribution in [0.25, 0.3) is 0 Å². The Morgan fingerprint density at radius 2 is 1.55 bits per heavy atom. The smallest absolute Gasteiger partial charge is 0.251 e. The minimum atomic E-state index is -1.06. The average Bonchev–Trinajstić information content (AvgIpc) is 2.90. The third-order valence-corrected chi connectivity index (χ3v) is 6.69. The lowest BCUT2D eigenvalue weighted by Gasteiger charge is -2.25. The van der Waals surface area contributed by atoms with Crippen molar-refractivity contribution in [1.82, 2.24) is 16.0 Å². The summed E-state index contributed by atoms with van der Waals surface area (Å²) in [5.74, 6) is -2.42. The molecule has 6 nitrogen and oxygen atoms in total. The largest absolute Gasteiger partial charge is 0.390 e. The van der Waals surface area contributed by atoms with Gasteiger partial charge < -0.3 is 21.1 Å². The second-order valence-electron chi connectivity index (χ2n) is 11.0. The lowest BCUT2D eigenvalue weighted by molar-refractivity contribution is -0.121. The Kier molecular flexibility index (Phi) is 10.9. The Labute approximate surface area is 235 Å². The van der Waals surface area contributed by atoms with Gasteiger partial charge in [-0.3, -0.25) is 9.59 Å². The lowest BCUT2D eigenvalue weighted by Crippen LogP contribution is -2.51. The SMILES string of the molecule is CCc1cccc(CNCC(O)C(Cc2cc(F)cc(F)c2)NC(=O)CNC(=O)c2ccc(C(C)(C)C)cc2)c1. The fraction of sp³-hybridized carbons (Fsp3) is 0.375. The number of nitrogens with one attached hydrogen (secondary N) is 3. The first-order valence-electron chi connectivity index (χ1n) is 13.5. The van der Waals surface area contributed by atoms with Gasteiger partial charge in [0, 0.05) is 24.7 Å². The lowest BCUT2D eigenvalue weighted by atomic mass is 9.87. The van der Waals surface area contributed by atoms with Gasteiger partial charge in [0.25, 0.3) is 5.91 Å². The van der Waals surface area contributed by atoms with Crippen molar-refractivity contribution in [3.63, 3.8) is 0 Å². The van der Waals surface area contributed by atoms with Crippen molar-refractivity contribution < 1.29 is 23.5 Å². The van der Waals surface area contributed by atoms with E-state index in [9.17, 15) is 23.5 Å². The number of benzene rings is 3. The Hall–Kier alpha value is -3.62. The van der Waals surface area contributed by atoms with E-state index >= 15 is 0 Å². The molecular weight excluding hydrogens is 512 g/mol. The van der Waals surface area contributed by atoms with Crippen LogP contribution in [0.5, 0.6) is 0 Å². The van der Waals surface area contributed by atoms with Crippen molar-refractivity contribution in [1.29, 1.82) is 0 Å². The van der Waals surface area contributed by atoms with E-state index in [1.54, 1.807) is 12.1 Å². The molecule has 2 unspecified atom stereocenters. The molecule has 0 radical (unpaired) electrons. The topological polar surface area (TPSA) is 90.5 Å². The molecule has 2 amide bonds. The molecule has 40 heavy (non-hydrogen) atoms. The molecular formula is C32H39F2N3O3. The zero-order valence-corrected chi connectivity index (χ0v) is 23.6. The molecule has 214 valence electrons. The number of aliphatic hydroxyl groups is 1. The van der Waals surface area contributed by atoms with Gasteiger partial charge >= 0.3 is 0 Å². The predicted octanol–water partition coefficient (Wildman–Crippen LogP) is 4.43. The molecule has 0 heterocycles. The number of aryl methyl sites for hydroxylation is 1. The first-order chi connectivity index (χ1) is 18.9. The molecule has 0 saturated heterocycles. The first kappa shape index (κ1) is 30.9. The molecule has 3 rings (SSSR count). The van der Waals surface area contributed by atoms with Crippen LogP contribution in [-0.4, -0.2) is 42.2 Å². The van der Waals surface area contributed by atoms with E-state index < -0.39 is 35.6 Å². The second kappa shape index (κ2) is 14.1. The molecule has 4 N–H and O–H groups in total. The molecule has 0 fully saturated rings. The highest BCUT2D eigenvalue weighted by molar-refractivity contribution is 5.96. The zero-order chi connectivity index (χ0) is 29.3. The molecule has 2 atom stereocenters. The number of hydrogen-bond acceptors (Lipinski definition) is 4. The van der Waals surface area contributed by atoms with Crippen molar-refractivity contribution in [3.8, 4) is 0 Å². The molecule has 0 spiro atoms.